The topological polar surface area (TPSA) is 47.9 Å². The molecule has 0 amide bonds. The summed E-state index contributed by atoms with van der Waals surface area (Å²) in [5, 5.41) is 9.14. The van der Waals surface area contributed by atoms with Crippen LogP contribution in [0.3, 0.4) is 0 Å². The van der Waals surface area contributed by atoms with Crippen LogP contribution in [0.5, 0.6) is 0 Å². The molecule has 1 aliphatic heterocycles. The van der Waals surface area contributed by atoms with Crippen molar-refractivity contribution in [2.75, 3.05) is 19.8 Å². The summed E-state index contributed by atoms with van der Waals surface area (Å²) in [6.07, 6.45) is 8.99. The molecule has 0 aromatic carbocycles. The van der Waals surface area contributed by atoms with Gasteiger partial charge in [0.2, 0.25) is 0 Å². The number of terminal acetylenes is 1. The quantitative estimate of drug-likeness (QED) is 0.526. The van der Waals surface area contributed by atoms with Gasteiger partial charge in [0.05, 0.1) is 13.2 Å². The van der Waals surface area contributed by atoms with Gasteiger partial charge in [0.1, 0.15) is 18.8 Å². The molecule has 0 aromatic heterocycles. The maximum absolute atomic E-state index is 9.14. The van der Waals surface area contributed by atoms with Crippen molar-refractivity contribution in [3.05, 3.63) is 24.8 Å². The molecule has 1 heterocycles. The molecule has 0 bridgehead atoms. The molecule has 0 spiro atoms. The molecular weight excluding hydrogens is 208 g/mol. The second-order valence-corrected chi connectivity index (χ2v) is 3.21. The zero-order valence-corrected chi connectivity index (χ0v) is 9.04. The highest BCUT2D eigenvalue weighted by Crippen LogP contribution is 2.16. The standard InChI is InChI=1S/C12H16O4/c1-3-7-14-10-5-6-12(15-8-4-2)16-11(10)9-13/h2-3,5-6,10-13H,1,7-9H2/t10-,11+,12-/m0/s1. The van der Waals surface area contributed by atoms with Crippen molar-refractivity contribution in [2.45, 2.75) is 18.5 Å². The minimum Gasteiger partial charge on any atom is -0.394 e. The van der Waals surface area contributed by atoms with Crippen LogP contribution >= 0.6 is 0 Å². The summed E-state index contributed by atoms with van der Waals surface area (Å²) in [6.45, 7) is 3.99. The number of hydrogen-bond donors (Lipinski definition) is 1. The van der Waals surface area contributed by atoms with Crippen molar-refractivity contribution in [3.63, 3.8) is 0 Å². The van der Waals surface area contributed by atoms with Crippen LogP contribution in [0.2, 0.25) is 0 Å². The van der Waals surface area contributed by atoms with Gasteiger partial charge in [-0.1, -0.05) is 18.1 Å². The van der Waals surface area contributed by atoms with Crippen molar-refractivity contribution in [3.8, 4) is 12.3 Å². The molecule has 3 atom stereocenters. The van der Waals surface area contributed by atoms with E-state index >= 15 is 0 Å². The largest absolute Gasteiger partial charge is 0.394 e. The van der Waals surface area contributed by atoms with E-state index in [1.54, 1.807) is 18.2 Å². The summed E-state index contributed by atoms with van der Waals surface area (Å²) in [4.78, 5) is 0. The van der Waals surface area contributed by atoms with Crippen LogP contribution in [-0.2, 0) is 14.2 Å². The summed E-state index contributed by atoms with van der Waals surface area (Å²) in [6, 6.07) is 0. The van der Waals surface area contributed by atoms with E-state index in [9.17, 15) is 0 Å². The first-order chi connectivity index (χ1) is 7.81. The predicted molar refractivity (Wildman–Crippen MR) is 59.6 cm³/mol. The first-order valence-corrected chi connectivity index (χ1v) is 5.04. The van der Waals surface area contributed by atoms with Gasteiger partial charge in [0.25, 0.3) is 0 Å². The number of hydrogen-bond acceptors (Lipinski definition) is 4. The van der Waals surface area contributed by atoms with Crippen LogP contribution in [0.25, 0.3) is 0 Å². The lowest BCUT2D eigenvalue weighted by atomic mass is 10.1. The minimum absolute atomic E-state index is 0.137. The molecule has 88 valence electrons. The molecule has 0 aliphatic carbocycles. The number of aliphatic hydroxyl groups excluding tert-OH is 1. The Morgan fingerprint density at radius 1 is 1.50 bits per heavy atom. The molecule has 0 aromatic rings. The van der Waals surface area contributed by atoms with E-state index in [2.05, 4.69) is 12.5 Å². The van der Waals surface area contributed by atoms with E-state index in [0.717, 1.165) is 0 Å². The molecule has 4 nitrogen and oxygen atoms in total. The van der Waals surface area contributed by atoms with Gasteiger partial charge in [-0.05, 0) is 6.08 Å². The van der Waals surface area contributed by atoms with Crippen molar-refractivity contribution < 1.29 is 19.3 Å². The fraction of sp³-hybridized carbons (Fsp3) is 0.500. The normalized spacial score (nSPS) is 28.6. The molecule has 1 N–H and O–H groups in total. The van der Waals surface area contributed by atoms with Crippen LogP contribution in [0.4, 0.5) is 0 Å². The van der Waals surface area contributed by atoms with Crippen LogP contribution < -0.4 is 0 Å². The highest BCUT2D eigenvalue weighted by molar-refractivity contribution is 5.01. The van der Waals surface area contributed by atoms with Gasteiger partial charge in [-0.15, -0.1) is 13.0 Å². The summed E-state index contributed by atoms with van der Waals surface area (Å²) in [5.74, 6) is 2.35. The van der Waals surface area contributed by atoms with Crippen LogP contribution in [0, 0.1) is 12.3 Å². The van der Waals surface area contributed by atoms with Gasteiger partial charge in [-0.2, -0.15) is 0 Å². The van der Waals surface area contributed by atoms with E-state index in [4.69, 9.17) is 25.7 Å². The van der Waals surface area contributed by atoms with Crippen LogP contribution in [0.1, 0.15) is 0 Å². The number of rotatable bonds is 6. The Balaban J connectivity index is 2.49. The molecule has 0 saturated carbocycles. The fourth-order valence-electron chi connectivity index (χ4n) is 1.33. The first-order valence-electron chi connectivity index (χ1n) is 5.04. The van der Waals surface area contributed by atoms with Crippen LogP contribution in [-0.4, -0.2) is 43.4 Å². The molecule has 16 heavy (non-hydrogen) atoms. The second-order valence-electron chi connectivity index (χ2n) is 3.21. The molecule has 1 rings (SSSR count). The van der Waals surface area contributed by atoms with Crippen molar-refractivity contribution in [2.24, 2.45) is 0 Å². The molecule has 1 aliphatic rings. The van der Waals surface area contributed by atoms with Gasteiger partial charge in [0.15, 0.2) is 6.29 Å². The molecule has 0 saturated heterocycles. The Bertz CT molecular complexity index is 279. The Kier molecular flexibility index (Phi) is 5.83. The fourth-order valence-corrected chi connectivity index (χ4v) is 1.33. The molecule has 0 unspecified atom stereocenters. The highest BCUT2D eigenvalue weighted by atomic mass is 16.7. The average molecular weight is 224 g/mol. The Morgan fingerprint density at radius 2 is 2.31 bits per heavy atom. The lowest BCUT2D eigenvalue weighted by Gasteiger charge is -2.30. The Morgan fingerprint density at radius 3 is 2.94 bits per heavy atom. The van der Waals surface area contributed by atoms with E-state index in [0.29, 0.717) is 6.61 Å². The van der Waals surface area contributed by atoms with E-state index < -0.39 is 12.4 Å². The third kappa shape index (κ3) is 3.80. The van der Waals surface area contributed by atoms with Gasteiger partial charge in [-0.25, -0.2) is 0 Å². The third-order valence-electron chi connectivity index (χ3n) is 2.05. The average Bonchev–Trinajstić information content (AvgIpc) is 2.34. The molecular formula is C12H16O4. The smallest absolute Gasteiger partial charge is 0.178 e. The minimum atomic E-state index is -0.517. The predicted octanol–water partition coefficient (Wildman–Crippen LogP) is 0.481. The Hall–Kier alpha value is -1.12. The first kappa shape index (κ1) is 12.9. The maximum atomic E-state index is 9.14. The number of ether oxygens (including phenoxy) is 3. The summed E-state index contributed by atoms with van der Waals surface area (Å²) in [7, 11) is 0. The summed E-state index contributed by atoms with van der Waals surface area (Å²) in [5.41, 5.74) is 0. The molecule has 4 heteroatoms. The van der Waals surface area contributed by atoms with Crippen molar-refractivity contribution >= 4 is 0 Å². The van der Waals surface area contributed by atoms with Gasteiger partial charge in [-0.3, -0.25) is 0 Å². The third-order valence-corrected chi connectivity index (χ3v) is 2.05. The molecule has 0 fully saturated rings. The summed E-state index contributed by atoms with van der Waals surface area (Å²) < 4.78 is 16.0. The zero-order valence-electron chi connectivity index (χ0n) is 9.04. The van der Waals surface area contributed by atoms with E-state index in [1.165, 1.54) is 0 Å². The Labute approximate surface area is 95.5 Å². The summed E-state index contributed by atoms with van der Waals surface area (Å²) >= 11 is 0. The van der Waals surface area contributed by atoms with Gasteiger partial charge < -0.3 is 19.3 Å². The SMILES string of the molecule is C#CCO[C@@H]1C=C[C@H](OCC=C)[C@@H](CO)O1. The monoisotopic (exact) mass is 224 g/mol. The second kappa shape index (κ2) is 7.20. The molecule has 0 radical (unpaired) electrons. The van der Waals surface area contributed by atoms with E-state index in [1.807, 2.05) is 0 Å². The van der Waals surface area contributed by atoms with Crippen LogP contribution in [0.15, 0.2) is 24.8 Å². The van der Waals surface area contributed by atoms with Crippen molar-refractivity contribution in [1.29, 1.82) is 0 Å². The van der Waals surface area contributed by atoms with Gasteiger partial charge >= 0.3 is 0 Å². The lowest BCUT2D eigenvalue weighted by molar-refractivity contribution is -0.181. The van der Waals surface area contributed by atoms with E-state index in [-0.39, 0.29) is 19.3 Å². The zero-order chi connectivity index (χ0) is 11.8. The highest BCUT2D eigenvalue weighted by Gasteiger charge is 2.27. The van der Waals surface area contributed by atoms with Gasteiger partial charge in [0, 0.05) is 0 Å². The maximum Gasteiger partial charge on any atom is 0.178 e. The van der Waals surface area contributed by atoms with Crippen molar-refractivity contribution in [1.82, 2.24) is 0 Å². The lowest BCUT2D eigenvalue weighted by Crippen LogP contribution is -2.40. The number of aliphatic hydroxyl groups is 1.